The van der Waals surface area contributed by atoms with Crippen LogP contribution >= 0.6 is 39.1 Å². The third-order valence-electron chi connectivity index (χ3n) is 4.00. The van der Waals surface area contributed by atoms with Gasteiger partial charge in [0.25, 0.3) is 5.69 Å². The largest absolute Gasteiger partial charge is 0.455 e. The van der Waals surface area contributed by atoms with Gasteiger partial charge in [-0.3, -0.25) is 19.6 Å². The fourth-order valence-electron chi connectivity index (χ4n) is 2.57. The van der Waals surface area contributed by atoms with Crippen LogP contribution in [0.25, 0.3) is 0 Å². The maximum absolute atomic E-state index is 12.6. The summed E-state index contributed by atoms with van der Waals surface area (Å²) in [5.41, 5.74) is -0.0145. The number of anilines is 1. The van der Waals surface area contributed by atoms with Crippen molar-refractivity contribution in [3.05, 3.63) is 73.4 Å². The van der Waals surface area contributed by atoms with E-state index in [1.54, 1.807) is 36.1 Å². The monoisotopic (exact) mass is 512 g/mol. The van der Waals surface area contributed by atoms with Crippen LogP contribution in [-0.4, -0.2) is 20.6 Å². The molecule has 156 valence electrons. The number of nitro groups is 1. The Balaban J connectivity index is 1.79. The van der Waals surface area contributed by atoms with Gasteiger partial charge in [0.2, 0.25) is 5.91 Å². The zero-order chi connectivity index (χ0) is 21.8. The molecule has 0 spiro atoms. The number of aromatic nitrogens is 2. The van der Waals surface area contributed by atoms with Crippen LogP contribution < -0.4 is 10.1 Å². The minimum absolute atomic E-state index is 0.146. The van der Waals surface area contributed by atoms with Gasteiger partial charge in [0.05, 0.1) is 44.8 Å². The number of non-ortho nitro benzene ring substituents is 1. The number of nitrogens with zero attached hydrogens (tertiary/aromatic N) is 3. The fraction of sp³-hybridized carbons (Fsp3) is 0.158. The van der Waals surface area contributed by atoms with Gasteiger partial charge in [-0.2, -0.15) is 5.10 Å². The van der Waals surface area contributed by atoms with Crippen LogP contribution in [0.4, 0.5) is 11.4 Å². The molecule has 1 atom stereocenters. The summed E-state index contributed by atoms with van der Waals surface area (Å²) in [6.45, 7) is 2.07. The normalized spacial score (nSPS) is 11.7. The molecule has 1 N–H and O–H groups in total. The lowest BCUT2D eigenvalue weighted by Gasteiger charge is -2.14. The third-order valence-corrected chi connectivity index (χ3v) is 4.94. The van der Waals surface area contributed by atoms with E-state index in [2.05, 4.69) is 26.3 Å². The highest BCUT2D eigenvalue weighted by Crippen LogP contribution is 2.34. The lowest BCUT2D eigenvalue weighted by molar-refractivity contribution is -0.384. The van der Waals surface area contributed by atoms with Crippen LogP contribution in [0.3, 0.4) is 0 Å². The molecule has 0 saturated carbocycles. The molecule has 0 bridgehead atoms. The summed E-state index contributed by atoms with van der Waals surface area (Å²) in [5.74, 6) is -0.340. The van der Waals surface area contributed by atoms with E-state index >= 15 is 0 Å². The Hall–Kier alpha value is -2.62. The quantitative estimate of drug-likeness (QED) is 0.312. The number of carbonyl (C=O) groups excluding carboxylic acids is 1. The van der Waals surface area contributed by atoms with E-state index < -0.39 is 10.8 Å². The van der Waals surface area contributed by atoms with Crippen molar-refractivity contribution < 1.29 is 14.5 Å². The second-order valence-electron chi connectivity index (χ2n) is 6.42. The van der Waals surface area contributed by atoms with Crippen LogP contribution in [0, 0.1) is 16.0 Å². The first kappa shape index (κ1) is 22.1. The molecule has 0 aliphatic carbocycles. The fourth-order valence-corrected chi connectivity index (χ4v) is 3.35. The van der Waals surface area contributed by atoms with Gasteiger partial charge in [-0.05, 0) is 34.1 Å². The molecule has 3 aromatic rings. The number of hydrogen-bond donors (Lipinski definition) is 1. The Morgan fingerprint density at radius 2 is 2.10 bits per heavy atom. The van der Waals surface area contributed by atoms with Crippen molar-refractivity contribution in [2.24, 2.45) is 5.92 Å². The maximum Gasteiger partial charge on any atom is 0.275 e. The molecule has 1 aromatic heterocycles. The first-order chi connectivity index (χ1) is 14.2. The van der Waals surface area contributed by atoms with Gasteiger partial charge in [-0.1, -0.05) is 30.1 Å². The molecule has 2 aromatic carbocycles. The summed E-state index contributed by atoms with van der Waals surface area (Å²) < 4.78 is 8.10. The molecule has 8 nitrogen and oxygen atoms in total. The SMILES string of the molecule is CC(Cn1cc(Br)cn1)C(=O)Nc1cc(Oc2ccc(Cl)cc2Cl)cc([N+](=O)[O-])c1. The van der Waals surface area contributed by atoms with Crippen molar-refractivity contribution in [3.63, 3.8) is 0 Å². The van der Waals surface area contributed by atoms with Gasteiger partial charge in [0, 0.05) is 23.4 Å². The van der Waals surface area contributed by atoms with Crippen molar-refractivity contribution >= 4 is 56.4 Å². The van der Waals surface area contributed by atoms with Crippen molar-refractivity contribution in [1.29, 1.82) is 0 Å². The Morgan fingerprint density at radius 3 is 2.73 bits per heavy atom. The van der Waals surface area contributed by atoms with E-state index in [1.165, 1.54) is 24.3 Å². The minimum Gasteiger partial charge on any atom is -0.455 e. The van der Waals surface area contributed by atoms with Crippen LogP contribution in [0.15, 0.2) is 53.3 Å². The average Bonchev–Trinajstić information content (AvgIpc) is 3.08. The molecule has 3 rings (SSSR count). The molecule has 0 aliphatic rings. The van der Waals surface area contributed by atoms with Gasteiger partial charge in [-0.25, -0.2) is 0 Å². The van der Waals surface area contributed by atoms with E-state index in [-0.39, 0.29) is 33.8 Å². The molecule has 0 aliphatic heterocycles. The molecule has 1 amide bonds. The van der Waals surface area contributed by atoms with Gasteiger partial charge >= 0.3 is 0 Å². The van der Waals surface area contributed by atoms with E-state index in [0.717, 1.165) is 4.47 Å². The second-order valence-corrected chi connectivity index (χ2v) is 8.18. The van der Waals surface area contributed by atoms with E-state index in [0.29, 0.717) is 11.6 Å². The van der Waals surface area contributed by atoms with Crippen LogP contribution in [0.1, 0.15) is 6.92 Å². The number of carbonyl (C=O) groups is 1. The van der Waals surface area contributed by atoms with Crippen LogP contribution in [0.2, 0.25) is 10.0 Å². The second kappa shape index (κ2) is 9.46. The highest BCUT2D eigenvalue weighted by Gasteiger charge is 2.18. The Morgan fingerprint density at radius 1 is 1.33 bits per heavy atom. The van der Waals surface area contributed by atoms with Gasteiger partial charge in [0.15, 0.2) is 0 Å². The summed E-state index contributed by atoms with van der Waals surface area (Å²) in [6, 6.07) is 8.60. The van der Waals surface area contributed by atoms with E-state index in [4.69, 9.17) is 27.9 Å². The highest BCUT2D eigenvalue weighted by molar-refractivity contribution is 9.10. The number of rotatable bonds is 7. The summed E-state index contributed by atoms with van der Waals surface area (Å²) in [5, 5.41) is 18.8. The van der Waals surface area contributed by atoms with Gasteiger partial charge < -0.3 is 10.1 Å². The number of nitrogens with one attached hydrogen (secondary N) is 1. The number of benzene rings is 2. The molecule has 1 heterocycles. The van der Waals surface area contributed by atoms with Crippen molar-refractivity contribution in [1.82, 2.24) is 9.78 Å². The topological polar surface area (TPSA) is 99.3 Å². The van der Waals surface area contributed by atoms with Gasteiger partial charge in [-0.15, -0.1) is 0 Å². The lowest BCUT2D eigenvalue weighted by atomic mass is 10.1. The average molecular weight is 514 g/mol. The standard InChI is InChI=1S/C19H15BrCl2N4O4/c1-11(9-25-10-12(20)8-23-25)19(27)24-14-5-15(26(28)29)7-16(6-14)30-18-3-2-13(21)4-17(18)22/h2-8,10-11H,9H2,1H3,(H,24,27). The number of nitro benzene ring substituents is 1. The van der Waals surface area contributed by atoms with Crippen molar-refractivity contribution in [2.75, 3.05) is 5.32 Å². The predicted octanol–water partition coefficient (Wildman–Crippen LogP) is 5.93. The first-order valence-corrected chi connectivity index (χ1v) is 10.2. The van der Waals surface area contributed by atoms with Crippen LogP contribution in [0.5, 0.6) is 11.5 Å². The summed E-state index contributed by atoms with van der Waals surface area (Å²) in [4.78, 5) is 23.3. The third kappa shape index (κ3) is 5.71. The molecule has 0 fully saturated rings. The smallest absolute Gasteiger partial charge is 0.275 e. The molecule has 30 heavy (non-hydrogen) atoms. The molecule has 0 radical (unpaired) electrons. The Labute approximate surface area is 190 Å². The zero-order valence-corrected chi connectivity index (χ0v) is 18.6. The first-order valence-electron chi connectivity index (χ1n) is 8.62. The van der Waals surface area contributed by atoms with E-state index in [1.807, 2.05) is 0 Å². The van der Waals surface area contributed by atoms with Crippen LogP contribution in [-0.2, 0) is 11.3 Å². The van der Waals surface area contributed by atoms with Gasteiger partial charge in [0.1, 0.15) is 11.5 Å². The minimum atomic E-state index is -0.573. The Kier molecular flexibility index (Phi) is 6.96. The summed E-state index contributed by atoms with van der Waals surface area (Å²) in [7, 11) is 0. The molecule has 0 saturated heterocycles. The molecule has 1 unspecified atom stereocenters. The lowest BCUT2D eigenvalue weighted by Crippen LogP contribution is -2.24. The van der Waals surface area contributed by atoms with Crippen molar-refractivity contribution in [3.8, 4) is 11.5 Å². The Bertz CT molecular complexity index is 1110. The predicted molar refractivity (Wildman–Crippen MR) is 117 cm³/mol. The zero-order valence-electron chi connectivity index (χ0n) is 15.5. The number of hydrogen-bond acceptors (Lipinski definition) is 5. The summed E-state index contributed by atoms with van der Waals surface area (Å²) in [6.07, 6.45) is 3.37. The molecular formula is C19H15BrCl2N4O4. The summed E-state index contributed by atoms with van der Waals surface area (Å²) >= 11 is 15.3. The van der Waals surface area contributed by atoms with E-state index in [9.17, 15) is 14.9 Å². The number of ether oxygens (including phenoxy) is 1. The highest BCUT2D eigenvalue weighted by atomic mass is 79.9. The van der Waals surface area contributed by atoms with Crippen molar-refractivity contribution in [2.45, 2.75) is 13.5 Å². The molecular weight excluding hydrogens is 499 g/mol. The number of halogens is 3. The molecule has 11 heteroatoms. The number of amides is 1. The maximum atomic E-state index is 12.6.